The lowest BCUT2D eigenvalue weighted by Crippen LogP contribution is -2.37. The van der Waals surface area contributed by atoms with Crippen molar-refractivity contribution in [2.75, 3.05) is 6.54 Å². The molecule has 0 aliphatic carbocycles. The van der Waals surface area contributed by atoms with Crippen molar-refractivity contribution in [3.63, 3.8) is 0 Å². The number of unbranched alkanes of at least 4 members (excludes halogenated alkanes) is 4. The summed E-state index contributed by atoms with van der Waals surface area (Å²) in [7, 11) is 0. The maximum absolute atomic E-state index is 11.7. The van der Waals surface area contributed by atoms with Crippen LogP contribution in [0.4, 0.5) is 13.2 Å². The molecular formula is C10H16F3NO. The molecule has 2 nitrogen and oxygen atoms in total. The average Bonchev–Trinajstić information content (AvgIpc) is 2.14. The minimum Gasteiger partial charge on any atom is -0.348 e. The number of nitrogens with one attached hydrogen (secondary N) is 1. The molecule has 0 aliphatic rings. The van der Waals surface area contributed by atoms with Crippen LogP contribution in [0.3, 0.4) is 0 Å². The van der Waals surface area contributed by atoms with Crippen molar-refractivity contribution in [1.82, 2.24) is 5.32 Å². The molecule has 0 rings (SSSR count). The van der Waals surface area contributed by atoms with E-state index in [-0.39, 0.29) is 6.54 Å². The van der Waals surface area contributed by atoms with Gasteiger partial charge in [-0.1, -0.05) is 18.9 Å². The third-order valence-electron chi connectivity index (χ3n) is 1.88. The molecule has 0 fully saturated rings. The molecular weight excluding hydrogens is 207 g/mol. The number of rotatable bonds is 7. The molecule has 0 spiro atoms. The van der Waals surface area contributed by atoms with Gasteiger partial charge in [-0.2, -0.15) is 13.2 Å². The molecule has 0 bridgehead atoms. The first-order valence-electron chi connectivity index (χ1n) is 4.94. The molecule has 0 saturated carbocycles. The van der Waals surface area contributed by atoms with E-state index < -0.39 is 12.1 Å². The highest BCUT2D eigenvalue weighted by atomic mass is 19.4. The van der Waals surface area contributed by atoms with Crippen LogP contribution in [0.2, 0.25) is 0 Å². The molecule has 0 atom stereocenters. The van der Waals surface area contributed by atoms with Gasteiger partial charge in [0.25, 0.3) is 0 Å². The van der Waals surface area contributed by atoms with Gasteiger partial charge in [0.2, 0.25) is 0 Å². The molecule has 1 N–H and O–H groups in total. The van der Waals surface area contributed by atoms with Crippen LogP contribution in [0.15, 0.2) is 12.7 Å². The Morgan fingerprint density at radius 1 is 1.20 bits per heavy atom. The number of hydrogen-bond donors (Lipinski definition) is 1. The van der Waals surface area contributed by atoms with Crippen LogP contribution in [0.25, 0.3) is 0 Å². The minimum absolute atomic E-state index is 0.0897. The molecule has 0 unspecified atom stereocenters. The number of hydrogen-bond acceptors (Lipinski definition) is 1. The zero-order valence-corrected chi connectivity index (χ0v) is 8.57. The van der Waals surface area contributed by atoms with Gasteiger partial charge >= 0.3 is 12.1 Å². The van der Waals surface area contributed by atoms with Crippen molar-refractivity contribution in [2.45, 2.75) is 38.3 Å². The summed E-state index contributed by atoms with van der Waals surface area (Å²) in [5, 5.41) is 1.83. The van der Waals surface area contributed by atoms with E-state index in [0.29, 0.717) is 6.42 Å². The first-order chi connectivity index (χ1) is 6.98. The fourth-order valence-corrected chi connectivity index (χ4v) is 1.07. The Kier molecular flexibility index (Phi) is 6.83. The molecule has 0 aromatic heterocycles. The number of amides is 1. The highest BCUT2D eigenvalue weighted by Gasteiger charge is 2.37. The Labute approximate surface area is 87.5 Å². The Morgan fingerprint density at radius 2 is 1.80 bits per heavy atom. The maximum Gasteiger partial charge on any atom is 0.471 e. The van der Waals surface area contributed by atoms with E-state index in [1.54, 1.807) is 0 Å². The summed E-state index contributed by atoms with van der Waals surface area (Å²) in [5.74, 6) is -1.85. The Balaban J connectivity index is 3.32. The first kappa shape index (κ1) is 14.0. The second kappa shape index (κ2) is 7.31. The minimum atomic E-state index is -4.76. The van der Waals surface area contributed by atoms with Crippen LogP contribution < -0.4 is 5.32 Å². The fourth-order valence-electron chi connectivity index (χ4n) is 1.07. The van der Waals surface area contributed by atoms with Gasteiger partial charge in [-0.25, -0.2) is 0 Å². The molecule has 0 aromatic rings. The zero-order valence-electron chi connectivity index (χ0n) is 8.57. The van der Waals surface area contributed by atoms with E-state index in [1.165, 1.54) is 0 Å². The van der Waals surface area contributed by atoms with Crippen molar-refractivity contribution >= 4 is 5.91 Å². The Bertz CT molecular complexity index is 201. The van der Waals surface area contributed by atoms with Gasteiger partial charge in [0.05, 0.1) is 0 Å². The highest BCUT2D eigenvalue weighted by molar-refractivity contribution is 5.81. The molecule has 0 radical (unpaired) electrons. The number of alkyl halides is 3. The number of carbonyl (C=O) groups is 1. The summed E-state index contributed by atoms with van der Waals surface area (Å²) in [6.07, 6.45) is 1.33. The second-order valence-electron chi connectivity index (χ2n) is 3.25. The van der Waals surface area contributed by atoms with E-state index >= 15 is 0 Å². The Morgan fingerprint density at radius 3 is 2.33 bits per heavy atom. The molecule has 5 heteroatoms. The van der Waals surface area contributed by atoms with Crippen molar-refractivity contribution in [2.24, 2.45) is 0 Å². The van der Waals surface area contributed by atoms with Crippen LogP contribution in [-0.2, 0) is 4.79 Å². The molecule has 0 heterocycles. The van der Waals surface area contributed by atoms with Gasteiger partial charge in [-0.05, 0) is 19.3 Å². The fraction of sp³-hybridized carbons (Fsp3) is 0.700. The summed E-state index contributed by atoms with van der Waals surface area (Å²) < 4.78 is 35.1. The predicted octanol–water partition coefficient (Wildman–Crippen LogP) is 2.80. The third kappa shape index (κ3) is 8.03. The zero-order chi connectivity index (χ0) is 11.7. The van der Waals surface area contributed by atoms with E-state index in [9.17, 15) is 18.0 Å². The summed E-state index contributed by atoms with van der Waals surface area (Å²) in [4.78, 5) is 10.4. The second-order valence-corrected chi connectivity index (χ2v) is 3.25. The van der Waals surface area contributed by atoms with Gasteiger partial charge in [-0.15, -0.1) is 6.58 Å². The summed E-state index contributed by atoms with van der Waals surface area (Å²) in [6.45, 7) is 3.65. The average molecular weight is 223 g/mol. The molecule has 0 aliphatic heterocycles. The molecule has 15 heavy (non-hydrogen) atoms. The van der Waals surface area contributed by atoms with E-state index in [1.807, 2.05) is 11.4 Å². The van der Waals surface area contributed by atoms with Crippen LogP contribution in [-0.4, -0.2) is 18.6 Å². The van der Waals surface area contributed by atoms with Crippen LogP contribution in [0, 0.1) is 0 Å². The van der Waals surface area contributed by atoms with Gasteiger partial charge < -0.3 is 5.32 Å². The van der Waals surface area contributed by atoms with Crippen molar-refractivity contribution in [3.05, 3.63) is 12.7 Å². The number of carbonyl (C=O) groups excluding carboxylic acids is 1. The lowest BCUT2D eigenvalue weighted by molar-refractivity contribution is -0.173. The van der Waals surface area contributed by atoms with Crippen molar-refractivity contribution < 1.29 is 18.0 Å². The molecule has 0 aromatic carbocycles. The molecule has 88 valence electrons. The van der Waals surface area contributed by atoms with Gasteiger partial charge in [0, 0.05) is 6.54 Å². The smallest absolute Gasteiger partial charge is 0.348 e. The molecule has 0 saturated heterocycles. The summed E-state index contributed by atoms with van der Waals surface area (Å²) in [5.41, 5.74) is 0. The lowest BCUT2D eigenvalue weighted by Gasteiger charge is -2.07. The van der Waals surface area contributed by atoms with E-state index in [4.69, 9.17) is 0 Å². The van der Waals surface area contributed by atoms with Gasteiger partial charge in [0.1, 0.15) is 0 Å². The highest BCUT2D eigenvalue weighted by Crippen LogP contribution is 2.14. The number of halogens is 3. The summed E-state index contributed by atoms with van der Waals surface area (Å²) >= 11 is 0. The molecule has 1 amide bonds. The standard InChI is InChI=1S/C10H16F3NO/c1-2-3-4-5-6-7-8-14-9(15)10(11,12)13/h2H,1,3-8H2,(H,14,15). The SMILES string of the molecule is C=CCCCCCCNC(=O)C(F)(F)F. The Hall–Kier alpha value is -1.00. The monoisotopic (exact) mass is 223 g/mol. The van der Waals surface area contributed by atoms with E-state index in [2.05, 4.69) is 6.58 Å². The largest absolute Gasteiger partial charge is 0.471 e. The van der Waals surface area contributed by atoms with Gasteiger partial charge in [-0.3, -0.25) is 4.79 Å². The first-order valence-corrected chi connectivity index (χ1v) is 4.94. The predicted molar refractivity (Wildman–Crippen MR) is 52.3 cm³/mol. The lowest BCUT2D eigenvalue weighted by atomic mass is 10.1. The normalized spacial score (nSPS) is 11.1. The van der Waals surface area contributed by atoms with Gasteiger partial charge in [0.15, 0.2) is 0 Å². The maximum atomic E-state index is 11.7. The quantitative estimate of drug-likeness (QED) is 0.522. The summed E-state index contributed by atoms with van der Waals surface area (Å²) in [6, 6.07) is 0. The van der Waals surface area contributed by atoms with Crippen LogP contribution in [0.1, 0.15) is 32.1 Å². The van der Waals surface area contributed by atoms with Crippen molar-refractivity contribution in [3.8, 4) is 0 Å². The van der Waals surface area contributed by atoms with Crippen LogP contribution >= 0.6 is 0 Å². The van der Waals surface area contributed by atoms with E-state index in [0.717, 1.165) is 25.7 Å². The van der Waals surface area contributed by atoms with Crippen LogP contribution in [0.5, 0.6) is 0 Å². The topological polar surface area (TPSA) is 29.1 Å². The third-order valence-corrected chi connectivity index (χ3v) is 1.88. The van der Waals surface area contributed by atoms with Crippen molar-refractivity contribution in [1.29, 1.82) is 0 Å². The number of allylic oxidation sites excluding steroid dienone is 1.